The number of primary amides is 1. The van der Waals surface area contributed by atoms with Crippen molar-refractivity contribution >= 4 is 17.7 Å². The molecule has 0 aromatic heterocycles. The highest BCUT2D eigenvalue weighted by Crippen LogP contribution is 2.30. The molecule has 1 amide bonds. The maximum atomic E-state index is 11.3. The second kappa shape index (κ2) is 5.81. The molecule has 0 heterocycles. The standard InChI is InChI=1S/C12H17NOS/c1-3-9(12(13)14)10-7-5-6-8-11(10)15-4-2/h5-9H,3-4H2,1-2H3,(H2,13,14). The molecule has 1 atom stereocenters. The van der Waals surface area contributed by atoms with Gasteiger partial charge in [-0.05, 0) is 23.8 Å². The maximum Gasteiger partial charge on any atom is 0.224 e. The summed E-state index contributed by atoms with van der Waals surface area (Å²) in [6.07, 6.45) is 0.761. The van der Waals surface area contributed by atoms with E-state index in [1.54, 1.807) is 11.8 Å². The molecule has 1 unspecified atom stereocenters. The highest BCUT2D eigenvalue weighted by atomic mass is 32.2. The van der Waals surface area contributed by atoms with Gasteiger partial charge in [0.1, 0.15) is 0 Å². The van der Waals surface area contributed by atoms with Crippen LogP contribution >= 0.6 is 11.8 Å². The summed E-state index contributed by atoms with van der Waals surface area (Å²) in [5.74, 6) is 0.619. The molecule has 0 aliphatic heterocycles. The van der Waals surface area contributed by atoms with Gasteiger partial charge in [-0.15, -0.1) is 11.8 Å². The van der Waals surface area contributed by atoms with E-state index in [1.165, 1.54) is 4.90 Å². The Labute approximate surface area is 95.2 Å². The van der Waals surface area contributed by atoms with Gasteiger partial charge in [0.25, 0.3) is 0 Å². The molecular formula is C12H17NOS. The SMILES string of the molecule is CCSc1ccccc1C(CC)C(N)=O. The van der Waals surface area contributed by atoms with Crippen LogP contribution in [0.25, 0.3) is 0 Å². The highest BCUT2D eigenvalue weighted by Gasteiger charge is 2.18. The molecule has 82 valence electrons. The zero-order chi connectivity index (χ0) is 11.3. The zero-order valence-corrected chi connectivity index (χ0v) is 10.0. The Balaban J connectivity index is 3.04. The van der Waals surface area contributed by atoms with Crippen molar-refractivity contribution in [1.82, 2.24) is 0 Å². The molecule has 15 heavy (non-hydrogen) atoms. The van der Waals surface area contributed by atoms with Crippen LogP contribution in [0.1, 0.15) is 31.7 Å². The summed E-state index contributed by atoms with van der Waals surface area (Å²) in [7, 11) is 0. The van der Waals surface area contributed by atoms with Gasteiger partial charge < -0.3 is 5.73 Å². The number of hydrogen-bond donors (Lipinski definition) is 1. The Hall–Kier alpha value is -0.960. The fraction of sp³-hybridized carbons (Fsp3) is 0.417. The number of nitrogens with two attached hydrogens (primary N) is 1. The molecule has 1 aromatic carbocycles. The normalized spacial score (nSPS) is 12.4. The van der Waals surface area contributed by atoms with Crippen molar-refractivity contribution in [2.75, 3.05) is 5.75 Å². The first kappa shape index (κ1) is 12.1. The van der Waals surface area contributed by atoms with Crippen molar-refractivity contribution in [3.8, 4) is 0 Å². The number of carbonyl (C=O) groups is 1. The number of thioether (sulfide) groups is 1. The summed E-state index contributed by atoms with van der Waals surface area (Å²) in [5, 5.41) is 0. The second-order valence-corrected chi connectivity index (χ2v) is 4.64. The third kappa shape index (κ3) is 2.99. The lowest BCUT2D eigenvalue weighted by Gasteiger charge is -2.15. The average molecular weight is 223 g/mol. The van der Waals surface area contributed by atoms with Crippen LogP contribution in [0.3, 0.4) is 0 Å². The minimum atomic E-state index is -0.235. The van der Waals surface area contributed by atoms with Crippen molar-refractivity contribution < 1.29 is 4.79 Å². The van der Waals surface area contributed by atoms with Gasteiger partial charge in [0.05, 0.1) is 5.92 Å². The second-order valence-electron chi connectivity index (χ2n) is 3.33. The molecule has 1 rings (SSSR count). The third-order valence-corrected chi connectivity index (χ3v) is 3.32. The molecule has 0 saturated heterocycles. The van der Waals surface area contributed by atoms with Crippen molar-refractivity contribution in [3.63, 3.8) is 0 Å². The minimum absolute atomic E-state index is 0.153. The van der Waals surface area contributed by atoms with Crippen molar-refractivity contribution in [3.05, 3.63) is 29.8 Å². The Morgan fingerprint density at radius 2 is 2.07 bits per heavy atom. The average Bonchev–Trinajstić information content (AvgIpc) is 2.21. The minimum Gasteiger partial charge on any atom is -0.369 e. The molecule has 2 N–H and O–H groups in total. The first-order valence-corrected chi connectivity index (χ1v) is 6.20. The van der Waals surface area contributed by atoms with Gasteiger partial charge in [-0.2, -0.15) is 0 Å². The Morgan fingerprint density at radius 3 is 2.60 bits per heavy atom. The van der Waals surface area contributed by atoms with Gasteiger partial charge in [-0.1, -0.05) is 32.0 Å². The van der Waals surface area contributed by atoms with Gasteiger partial charge in [0.15, 0.2) is 0 Å². The quantitative estimate of drug-likeness (QED) is 0.780. The van der Waals surface area contributed by atoms with Crippen molar-refractivity contribution in [2.45, 2.75) is 31.1 Å². The van der Waals surface area contributed by atoms with Crippen molar-refractivity contribution in [2.24, 2.45) is 5.73 Å². The van der Waals surface area contributed by atoms with Crippen LogP contribution in [0.4, 0.5) is 0 Å². The molecule has 0 bridgehead atoms. The third-order valence-electron chi connectivity index (χ3n) is 2.35. The van der Waals surface area contributed by atoms with Crippen molar-refractivity contribution in [1.29, 1.82) is 0 Å². The Bertz CT molecular complexity index is 338. The van der Waals surface area contributed by atoms with Crippen LogP contribution in [-0.2, 0) is 4.79 Å². The smallest absolute Gasteiger partial charge is 0.224 e. The molecule has 2 nitrogen and oxygen atoms in total. The van der Waals surface area contributed by atoms with E-state index in [0.29, 0.717) is 0 Å². The Kier molecular flexibility index (Phi) is 4.69. The fourth-order valence-corrected chi connectivity index (χ4v) is 2.49. The van der Waals surface area contributed by atoms with Gasteiger partial charge in [-0.25, -0.2) is 0 Å². The maximum absolute atomic E-state index is 11.3. The number of carbonyl (C=O) groups excluding carboxylic acids is 1. The lowest BCUT2D eigenvalue weighted by molar-refractivity contribution is -0.119. The van der Waals surface area contributed by atoms with Gasteiger partial charge in [-0.3, -0.25) is 4.79 Å². The largest absolute Gasteiger partial charge is 0.369 e. The lowest BCUT2D eigenvalue weighted by Crippen LogP contribution is -2.21. The van der Waals surface area contributed by atoms with Crippen LogP contribution in [-0.4, -0.2) is 11.7 Å². The van der Waals surface area contributed by atoms with Gasteiger partial charge in [0, 0.05) is 4.90 Å². The summed E-state index contributed by atoms with van der Waals surface area (Å²) in [5.41, 5.74) is 6.46. The number of rotatable bonds is 5. The summed E-state index contributed by atoms with van der Waals surface area (Å²) in [6.45, 7) is 4.09. The first-order chi connectivity index (χ1) is 7.20. The van der Waals surface area contributed by atoms with E-state index >= 15 is 0 Å². The van der Waals surface area contributed by atoms with E-state index in [2.05, 4.69) is 13.0 Å². The van der Waals surface area contributed by atoms with E-state index in [9.17, 15) is 4.79 Å². The lowest BCUT2D eigenvalue weighted by atomic mass is 9.96. The number of benzene rings is 1. The zero-order valence-electron chi connectivity index (χ0n) is 9.19. The van der Waals surface area contributed by atoms with E-state index in [0.717, 1.165) is 17.7 Å². The summed E-state index contributed by atoms with van der Waals surface area (Å²) in [6, 6.07) is 8.00. The van der Waals surface area contributed by atoms with Crippen LogP contribution in [0.2, 0.25) is 0 Å². The molecule has 0 saturated carbocycles. The van der Waals surface area contributed by atoms with Crippen LogP contribution < -0.4 is 5.73 Å². The van der Waals surface area contributed by atoms with Gasteiger partial charge in [0.2, 0.25) is 5.91 Å². The highest BCUT2D eigenvalue weighted by molar-refractivity contribution is 7.99. The Morgan fingerprint density at radius 1 is 1.40 bits per heavy atom. The van der Waals surface area contributed by atoms with E-state index in [-0.39, 0.29) is 11.8 Å². The van der Waals surface area contributed by atoms with Crippen LogP contribution in [0.5, 0.6) is 0 Å². The predicted octanol–water partition coefficient (Wildman–Crippen LogP) is 2.78. The molecule has 0 fully saturated rings. The van der Waals surface area contributed by atoms with Crippen LogP contribution in [0.15, 0.2) is 29.2 Å². The number of hydrogen-bond acceptors (Lipinski definition) is 2. The van der Waals surface area contributed by atoms with E-state index in [4.69, 9.17) is 5.73 Å². The molecule has 0 aliphatic carbocycles. The topological polar surface area (TPSA) is 43.1 Å². The molecule has 1 aromatic rings. The summed E-state index contributed by atoms with van der Waals surface area (Å²) < 4.78 is 0. The molecule has 3 heteroatoms. The summed E-state index contributed by atoms with van der Waals surface area (Å²) >= 11 is 1.76. The van der Waals surface area contributed by atoms with Crippen LogP contribution in [0, 0.1) is 0 Å². The number of amides is 1. The molecular weight excluding hydrogens is 206 g/mol. The molecule has 0 aliphatic rings. The monoisotopic (exact) mass is 223 g/mol. The van der Waals surface area contributed by atoms with E-state index in [1.807, 2.05) is 25.1 Å². The first-order valence-electron chi connectivity index (χ1n) is 5.21. The molecule has 0 spiro atoms. The fourth-order valence-electron chi connectivity index (χ4n) is 1.63. The van der Waals surface area contributed by atoms with E-state index < -0.39 is 0 Å². The summed E-state index contributed by atoms with van der Waals surface area (Å²) in [4.78, 5) is 12.5. The van der Waals surface area contributed by atoms with Gasteiger partial charge >= 0.3 is 0 Å². The predicted molar refractivity (Wildman–Crippen MR) is 65.1 cm³/mol. The molecule has 0 radical (unpaired) electrons.